The molecule has 6 unspecified atom stereocenters. The fourth-order valence-electron chi connectivity index (χ4n) is 8.12. The molecule has 0 heterocycles. The monoisotopic (exact) mass is 599 g/mol. The van der Waals surface area contributed by atoms with E-state index in [1.165, 1.54) is 88.2 Å². The molecule has 44 heavy (non-hydrogen) atoms. The van der Waals surface area contributed by atoms with Gasteiger partial charge in [0.15, 0.2) is 0 Å². The second-order valence-electron chi connectivity index (χ2n) is 15.4. The fraction of sp³-hybridized carbons (Fsp3) is 0.659. The van der Waals surface area contributed by atoms with Gasteiger partial charge in [-0.15, -0.1) is 5.73 Å². The van der Waals surface area contributed by atoms with Crippen LogP contribution in [0.15, 0.2) is 89.3 Å². The number of hydrogen-bond acceptors (Lipinski definition) is 0. The lowest BCUT2D eigenvalue weighted by molar-refractivity contribution is 0.135. The van der Waals surface area contributed by atoms with Crippen LogP contribution >= 0.6 is 0 Å². The summed E-state index contributed by atoms with van der Waals surface area (Å²) in [7, 11) is 0. The third-order valence-corrected chi connectivity index (χ3v) is 10.8. The maximum absolute atomic E-state index is 4.18. The molecule has 0 fully saturated rings. The summed E-state index contributed by atoms with van der Waals surface area (Å²) in [6.45, 7) is 29.8. The zero-order chi connectivity index (χ0) is 32.7. The van der Waals surface area contributed by atoms with Crippen molar-refractivity contribution in [2.75, 3.05) is 0 Å². The molecule has 0 radical (unpaired) electrons. The van der Waals surface area contributed by atoms with Gasteiger partial charge in [-0.1, -0.05) is 134 Å². The Morgan fingerprint density at radius 2 is 1.73 bits per heavy atom. The van der Waals surface area contributed by atoms with E-state index in [1.807, 2.05) is 6.08 Å². The standard InChI is InChI=1S/C44H70/c1-12-16-18-20-35(8)29-43(37(10)38(14-3)15-4)42-28-26-40-25-23-39(33(5)6)24-27-41(40)31-44(11,32-42)30-36(9)22-21-34(7)19-17-13-2/h14,18-20,22,24,27,33,35,37,39,42-43H,3-4,12-13,16-17,21,23,25-26,28-32H2,1-2,5-11H3/b20-18-,34-19?,36-22+. The molecule has 2 rings (SSSR count). The molecule has 0 aliphatic heterocycles. The van der Waals surface area contributed by atoms with E-state index < -0.39 is 0 Å². The minimum atomic E-state index is 0.237. The van der Waals surface area contributed by atoms with Gasteiger partial charge in [0.2, 0.25) is 0 Å². The molecule has 0 heteroatoms. The zero-order valence-electron chi connectivity index (χ0n) is 30.6. The van der Waals surface area contributed by atoms with E-state index in [-0.39, 0.29) is 5.41 Å². The topological polar surface area (TPSA) is 0 Å². The Bertz CT molecular complexity index is 1090. The van der Waals surface area contributed by atoms with Crippen molar-refractivity contribution in [3.8, 4) is 0 Å². The maximum atomic E-state index is 4.18. The van der Waals surface area contributed by atoms with E-state index in [4.69, 9.17) is 0 Å². The van der Waals surface area contributed by atoms with Crippen LogP contribution in [0.1, 0.15) is 146 Å². The van der Waals surface area contributed by atoms with Gasteiger partial charge in [-0.25, -0.2) is 0 Å². The van der Waals surface area contributed by atoms with Crippen LogP contribution in [0.25, 0.3) is 0 Å². The molecule has 0 saturated heterocycles. The maximum Gasteiger partial charge on any atom is -0.00414 e. The second-order valence-corrected chi connectivity index (χ2v) is 15.4. The number of hydrogen-bond donors (Lipinski definition) is 0. The molecule has 0 nitrogen and oxygen atoms in total. The van der Waals surface area contributed by atoms with E-state index in [2.05, 4.69) is 118 Å². The van der Waals surface area contributed by atoms with Crippen molar-refractivity contribution in [2.45, 2.75) is 146 Å². The average Bonchev–Trinajstić information content (AvgIpc) is 3.17. The lowest BCUT2D eigenvalue weighted by Gasteiger charge is -2.42. The van der Waals surface area contributed by atoms with Gasteiger partial charge in [0.1, 0.15) is 0 Å². The summed E-state index contributed by atoms with van der Waals surface area (Å²) >= 11 is 0. The van der Waals surface area contributed by atoms with Crippen molar-refractivity contribution in [3.05, 3.63) is 89.3 Å². The van der Waals surface area contributed by atoms with Crippen LogP contribution in [-0.2, 0) is 0 Å². The predicted octanol–water partition coefficient (Wildman–Crippen LogP) is 14.1. The molecule has 2 aliphatic rings. The van der Waals surface area contributed by atoms with Gasteiger partial charge in [0.05, 0.1) is 0 Å². The van der Waals surface area contributed by atoms with Crippen molar-refractivity contribution in [1.82, 2.24) is 0 Å². The van der Waals surface area contributed by atoms with Crippen LogP contribution in [0, 0.1) is 40.9 Å². The number of rotatable bonds is 16. The lowest BCUT2D eigenvalue weighted by Crippen LogP contribution is -2.32. The smallest absolute Gasteiger partial charge is 0.00414 e. The highest BCUT2D eigenvalue weighted by Crippen LogP contribution is 2.49. The first kappa shape index (κ1) is 38.1. The summed E-state index contributed by atoms with van der Waals surface area (Å²) in [4.78, 5) is 0. The minimum Gasteiger partial charge on any atom is -0.125 e. The third kappa shape index (κ3) is 12.4. The average molecular weight is 599 g/mol. The largest absolute Gasteiger partial charge is 0.125 e. The molecule has 0 aromatic carbocycles. The highest BCUT2D eigenvalue weighted by Gasteiger charge is 2.38. The van der Waals surface area contributed by atoms with E-state index >= 15 is 0 Å². The van der Waals surface area contributed by atoms with Gasteiger partial charge in [-0.2, -0.15) is 0 Å². The van der Waals surface area contributed by atoms with Gasteiger partial charge >= 0.3 is 0 Å². The first-order valence-corrected chi connectivity index (χ1v) is 18.4. The number of allylic oxidation sites excluding steroid dienone is 12. The van der Waals surface area contributed by atoms with Gasteiger partial charge in [0.25, 0.3) is 0 Å². The molecule has 0 aromatic rings. The molecular weight excluding hydrogens is 528 g/mol. The summed E-state index contributed by atoms with van der Waals surface area (Å²) in [6, 6.07) is 0. The highest BCUT2D eigenvalue weighted by molar-refractivity contribution is 5.31. The van der Waals surface area contributed by atoms with Gasteiger partial charge in [-0.3, -0.25) is 0 Å². The lowest BCUT2D eigenvalue weighted by atomic mass is 9.62. The Kier molecular flexibility index (Phi) is 16.9. The van der Waals surface area contributed by atoms with Crippen molar-refractivity contribution < 1.29 is 0 Å². The zero-order valence-corrected chi connectivity index (χ0v) is 30.6. The molecule has 0 saturated carbocycles. The molecule has 2 aliphatic carbocycles. The van der Waals surface area contributed by atoms with E-state index in [9.17, 15) is 0 Å². The summed E-state index contributed by atoms with van der Waals surface area (Å²) in [5, 5.41) is 0. The molecule has 0 amide bonds. The first-order valence-electron chi connectivity index (χ1n) is 18.4. The first-order chi connectivity index (χ1) is 21.0. The van der Waals surface area contributed by atoms with E-state index in [0.29, 0.717) is 35.5 Å². The fourth-order valence-corrected chi connectivity index (χ4v) is 8.12. The van der Waals surface area contributed by atoms with Gasteiger partial charge in [0, 0.05) is 0 Å². The van der Waals surface area contributed by atoms with Crippen LogP contribution in [0.2, 0.25) is 0 Å². The third-order valence-electron chi connectivity index (χ3n) is 10.8. The van der Waals surface area contributed by atoms with Crippen LogP contribution in [0.4, 0.5) is 0 Å². The number of unbranched alkanes of at least 4 members (excludes halogenated alkanes) is 2. The summed E-state index contributed by atoms with van der Waals surface area (Å²) < 4.78 is 0. The van der Waals surface area contributed by atoms with Gasteiger partial charge < -0.3 is 0 Å². The molecule has 0 spiro atoms. The molecule has 0 N–H and O–H groups in total. The van der Waals surface area contributed by atoms with Crippen LogP contribution in [0.3, 0.4) is 0 Å². The highest BCUT2D eigenvalue weighted by atomic mass is 14.4. The minimum absolute atomic E-state index is 0.237. The molecule has 0 bridgehead atoms. The Hall–Kier alpha value is -2.04. The van der Waals surface area contributed by atoms with Crippen LogP contribution in [0.5, 0.6) is 0 Å². The predicted molar refractivity (Wildman–Crippen MR) is 199 cm³/mol. The summed E-state index contributed by atoms with van der Waals surface area (Å²) in [5.74, 6) is 3.65. The van der Waals surface area contributed by atoms with Crippen molar-refractivity contribution in [2.24, 2.45) is 40.9 Å². The quantitative estimate of drug-likeness (QED) is 0.0941. The summed E-state index contributed by atoms with van der Waals surface area (Å²) in [6.07, 6.45) is 32.9. The van der Waals surface area contributed by atoms with Crippen molar-refractivity contribution in [1.29, 1.82) is 0 Å². The molecule has 0 aromatic heterocycles. The van der Waals surface area contributed by atoms with Crippen LogP contribution in [-0.4, -0.2) is 0 Å². The van der Waals surface area contributed by atoms with Crippen molar-refractivity contribution in [3.63, 3.8) is 0 Å². The van der Waals surface area contributed by atoms with Gasteiger partial charge in [-0.05, 0) is 137 Å². The SMILES string of the molecule is C=C=C(C=C)C(C)C(CC(C)/C=C\CCC)C1CCC2=C(C=CC(C(C)C)CC2)CC(C)(C/C(C)=C/CC(C)=CCCC)C1. The van der Waals surface area contributed by atoms with Crippen molar-refractivity contribution >= 4 is 0 Å². The Labute approximate surface area is 275 Å². The molecular formula is C44H70. The Morgan fingerprint density at radius 1 is 1.02 bits per heavy atom. The molecule has 6 atom stereocenters. The van der Waals surface area contributed by atoms with E-state index in [0.717, 1.165) is 6.42 Å². The van der Waals surface area contributed by atoms with E-state index in [1.54, 1.807) is 16.7 Å². The normalized spacial score (nSPS) is 25.6. The van der Waals surface area contributed by atoms with Crippen LogP contribution < -0.4 is 0 Å². The second kappa shape index (κ2) is 19.5. The Balaban J connectivity index is 2.52. The summed E-state index contributed by atoms with van der Waals surface area (Å²) in [5.41, 5.74) is 11.2. The Morgan fingerprint density at radius 3 is 2.36 bits per heavy atom. The molecule has 246 valence electrons.